The second kappa shape index (κ2) is 7.60. The van der Waals surface area contributed by atoms with Gasteiger partial charge in [-0.25, -0.2) is 4.98 Å². The predicted octanol–water partition coefficient (Wildman–Crippen LogP) is 3.82. The summed E-state index contributed by atoms with van der Waals surface area (Å²) in [5.74, 6) is 1.50. The molecule has 3 rings (SSSR count). The van der Waals surface area contributed by atoms with Crippen molar-refractivity contribution in [2.24, 2.45) is 5.92 Å². The van der Waals surface area contributed by atoms with Crippen LogP contribution in [0.3, 0.4) is 0 Å². The fraction of sp³-hybridized carbons (Fsp3) is 0.526. The van der Waals surface area contributed by atoms with Crippen molar-refractivity contribution in [3.8, 4) is 5.88 Å². The number of carbonyl (C=O) groups excluding carboxylic acids is 1. The van der Waals surface area contributed by atoms with Gasteiger partial charge in [0.15, 0.2) is 5.78 Å². The number of ether oxygens (including phenoxy) is 1. The van der Waals surface area contributed by atoms with Crippen LogP contribution in [0.5, 0.6) is 5.88 Å². The van der Waals surface area contributed by atoms with Gasteiger partial charge >= 0.3 is 0 Å². The second-order valence-corrected chi connectivity index (χ2v) is 6.69. The van der Waals surface area contributed by atoms with E-state index in [4.69, 9.17) is 4.74 Å². The molecule has 1 aliphatic rings. The Bertz CT molecular complexity index is 687. The molecule has 0 saturated heterocycles. The fourth-order valence-corrected chi connectivity index (χ4v) is 3.28. The first-order valence-corrected chi connectivity index (χ1v) is 8.74. The lowest BCUT2D eigenvalue weighted by molar-refractivity contribution is 0.101. The smallest absolute Gasteiger partial charge is 0.216 e. The molecular weight excluding hydrogens is 302 g/mol. The Labute approximate surface area is 143 Å². The van der Waals surface area contributed by atoms with Crippen LogP contribution < -0.4 is 4.74 Å². The molecule has 1 fully saturated rings. The molecule has 2 aromatic heterocycles. The van der Waals surface area contributed by atoms with E-state index in [1.807, 2.05) is 29.9 Å². The molecule has 0 radical (unpaired) electrons. The number of ketones is 1. The number of hydrogen-bond donors (Lipinski definition) is 0. The quantitative estimate of drug-likeness (QED) is 0.757. The van der Waals surface area contributed by atoms with Crippen LogP contribution in [0.2, 0.25) is 0 Å². The van der Waals surface area contributed by atoms with Crippen LogP contribution >= 0.6 is 0 Å². The molecular formula is C19H25N3O2. The molecule has 0 N–H and O–H groups in total. The Morgan fingerprint density at radius 2 is 2.08 bits per heavy atom. The van der Waals surface area contributed by atoms with E-state index >= 15 is 0 Å². The second-order valence-electron chi connectivity index (χ2n) is 6.69. The van der Waals surface area contributed by atoms with Gasteiger partial charge in [0.2, 0.25) is 5.88 Å². The van der Waals surface area contributed by atoms with Crippen molar-refractivity contribution >= 4 is 5.78 Å². The first kappa shape index (κ1) is 16.7. The Kier molecular flexibility index (Phi) is 5.28. The Hall–Kier alpha value is -2.17. The van der Waals surface area contributed by atoms with Gasteiger partial charge in [0.05, 0.1) is 0 Å². The normalized spacial score (nSPS) is 20.8. The van der Waals surface area contributed by atoms with E-state index in [0.717, 1.165) is 37.3 Å². The molecule has 0 aliphatic heterocycles. The summed E-state index contributed by atoms with van der Waals surface area (Å²) >= 11 is 0. The number of carbonyl (C=O) groups is 1. The summed E-state index contributed by atoms with van der Waals surface area (Å²) in [6.45, 7) is 4.47. The molecule has 0 spiro atoms. The summed E-state index contributed by atoms with van der Waals surface area (Å²) < 4.78 is 7.95. The lowest BCUT2D eigenvalue weighted by Gasteiger charge is -2.29. The molecule has 0 bridgehead atoms. The zero-order chi connectivity index (χ0) is 16.9. The first-order chi connectivity index (χ1) is 11.6. The highest BCUT2D eigenvalue weighted by Crippen LogP contribution is 2.30. The molecule has 0 unspecified atom stereocenters. The third-order valence-corrected chi connectivity index (χ3v) is 4.80. The topological polar surface area (TPSA) is 57.0 Å². The van der Waals surface area contributed by atoms with Gasteiger partial charge in [-0.3, -0.25) is 9.48 Å². The van der Waals surface area contributed by atoms with Crippen LogP contribution in [-0.4, -0.2) is 26.7 Å². The molecule has 2 heterocycles. The van der Waals surface area contributed by atoms with Crippen molar-refractivity contribution in [1.82, 2.24) is 14.8 Å². The van der Waals surface area contributed by atoms with Gasteiger partial charge < -0.3 is 4.74 Å². The standard InChI is InChI=1S/C19H25N3O2/c1-14-4-3-11-20-19(14)24-17-7-5-16(6-8-17)9-12-22-13-10-18(21-22)15(2)23/h3-4,10-11,13,16-17H,5-9,12H2,1-2H3. The van der Waals surface area contributed by atoms with Crippen molar-refractivity contribution < 1.29 is 9.53 Å². The number of hydrogen-bond acceptors (Lipinski definition) is 4. The largest absolute Gasteiger partial charge is 0.474 e. The highest BCUT2D eigenvalue weighted by Gasteiger charge is 2.23. The SMILES string of the molecule is CC(=O)c1ccn(CCC2CCC(Oc3ncccc3C)CC2)n1. The minimum atomic E-state index is 0.0243. The molecule has 5 nitrogen and oxygen atoms in total. The highest BCUT2D eigenvalue weighted by molar-refractivity contribution is 5.91. The number of nitrogens with zero attached hydrogens (tertiary/aromatic N) is 3. The van der Waals surface area contributed by atoms with E-state index in [2.05, 4.69) is 10.1 Å². The Balaban J connectivity index is 1.43. The van der Waals surface area contributed by atoms with Gasteiger partial charge in [0, 0.05) is 31.4 Å². The summed E-state index contributed by atoms with van der Waals surface area (Å²) in [5, 5.41) is 4.31. The van der Waals surface area contributed by atoms with Crippen LogP contribution in [-0.2, 0) is 6.54 Å². The molecule has 1 aliphatic carbocycles. The molecule has 5 heteroatoms. The van der Waals surface area contributed by atoms with Gasteiger partial charge in [-0.2, -0.15) is 5.10 Å². The van der Waals surface area contributed by atoms with Crippen LogP contribution in [0.25, 0.3) is 0 Å². The third kappa shape index (κ3) is 4.22. The Morgan fingerprint density at radius 1 is 1.29 bits per heavy atom. The Morgan fingerprint density at radius 3 is 2.75 bits per heavy atom. The van der Waals surface area contributed by atoms with Crippen molar-refractivity contribution in [3.05, 3.63) is 41.9 Å². The van der Waals surface area contributed by atoms with Crippen LogP contribution in [0.15, 0.2) is 30.6 Å². The molecule has 0 aromatic carbocycles. The van der Waals surface area contributed by atoms with Gasteiger partial charge in [-0.15, -0.1) is 0 Å². The summed E-state index contributed by atoms with van der Waals surface area (Å²) in [6, 6.07) is 5.77. The van der Waals surface area contributed by atoms with Crippen LogP contribution in [0.1, 0.15) is 55.1 Å². The summed E-state index contributed by atoms with van der Waals surface area (Å²) in [5.41, 5.74) is 1.65. The van der Waals surface area contributed by atoms with E-state index < -0.39 is 0 Å². The summed E-state index contributed by atoms with van der Waals surface area (Å²) in [4.78, 5) is 15.6. The maximum absolute atomic E-state index is 11.3. The molecule has 2 aromatic rings. The molecule has 0 atom stereocenters. The van der Waals surface area contributed by atoms with Crippen molar-refractivity contribution in [3.63, 3.8) is 0 Å². The number of pyridine rings is 1. The monoisotopic (exact) mass is 327 g/mol. The van der Waals surface area contributed by atoms with Crippen molar-refractivity contribution in [1.29, 1.82) is 0 Å². The van der Waals surface area contributed by atoms with E-state index in [0.29, 0.717) is 11.6 Å². The lowest BCUT2D eigenvalue weighted by Crippen LogP contribution is -2.25. The zero-order valence-corrected chi connectivity index (χ0v) is 14.4. The van der Waals surface area contributed by atoms with Gasteiger partial charge in [0.25, 0.3) is 0 Å². The average molecular weight is 327 g/mol. The lowest BCUT2D eigenvalue weighted by atomic mass is 9.85. The molecule has 1 saturated carbocycles. The van der Waals surface area contributed by atoms with Crippen molar-refractivity contribution in [2.45, 2.75) is 58.6 Å². The maximum Gasteiger partial charge on any atom is 0.216 e. The molecule has 0 amide bonds. The number of rotatable bonds is 6. The number of aryl methyl sites for hydroxylation is 2. The minimum absolute atomic E-state index is 0.0243. The fourth-order valence-electron chi connectivity index (χ4n) is 3.28. The maximum atomic E-state index is 11.3. The van der Waals surface area contributed by atoms with Gasteiger partial charge in [0.1, 0.15) is 11.8 Å². The highest BCUT2D eigenvalue weighted by atomic mass is 16.5. The van der Waals surface area contributed by atoms with Gasteiger partial charge in [-0.1, -0.05) is 6.07 Å². The first-order valence-electron chi connectivity index (χ1n) is 8.74. The molecule has 24 heavy (non-hydrogen) atoms. The zero-order valence-electron chi connectivity index (χ0n) is 14.4. The van der Waals surface area contributed by atoms with E-state index in [-0.39, 0.29) is 11.9 Å². The van der Waals surface area contributed by atoms with E-state index in [1.54, 1.807) is 19.2 Å². The number of Topliss-reactive ketones (excluding diaryl/α,β-unsaturated/α-hetero) is 1. The van der Waals surface area contributed by atoms with Gasteiger partial charge in [-0.05, 0) is 57.1 Å². The molecule has 128 valence electrons. The summed E-state index contributed by atoms with van der Waals surface area (Å²) in [7, 11) is 0. The van der Waals surface area contributed by atoms with Crippen LogP contribution in [0.4, 0.5) is 0 Å². The average Bonchev–Trinajstić information content (AvgIpc) is 3.06. The van der Waals surface area contributed by atoms with Crippen LogP contribution in [0, 0.1) is 12.8 Å². The van der Waals surface area contributed by atoms with Crippen molar-refractivity contribution in [2.75, 3.05) is 0 Å². The predicted molar refractivity (Wildman–Crippen MR) is 92.2 cm³/mol. The number of aromatic nitrogens is 3. The third-order valence-electron chi connectivity index (χ3n) is 4.80. The minimum Gasteiger partial charge on any atom is -0.474 e. The summed E-state index contributed by atoms with van der Waals surface area (Å²) in [6.07, 6.45) is 9.59. The van der Waals surface area contributed by atoms with E-state index in [9.17, 15) is 4.79 Å². The van der Waals surface area contributed by atoms with E-state index in [1.165, 1.54) is 12.8 Å².